The molecule has 0 aliphatic carbocycles. The fraction of sp³-hybridized carbons (Fsp3) is 0.304. The monoisotopic (exact) mass is 426 g/mol. The molecule has 0 saturated carbocycles. The van der Waals surface area contributed by atoms with E-state index in [0.29, 0.717) is 29.2 Å². The third kappa shape index (κ3) is 8.30. The van der Waals surface area contributed by atoms with Gasteiger partial charge in [0.25, 0.3) is 5.91 Å². The number of unbranched alkanes of at least 4 members (excludes halogenated alkanes) is 1. The zero-order valence-corrected chi connectivity index (χ0v) is 17.6. The van der Waals surface area contributed by atoms with Crippen LogP contribution in [-0.4, -0.2) is 43.3 Å². The molecule has 0 spiro atoms. The maximum absolute atomic E-state index is 12.1. The van der Waals surface area contributed by atoms with Crippen molar-refractivity contribution >= 4 is 29.3 Å². The molecule has 0 radical (unpaired) electrons. The van der Waals surface area contributed by atoms with E-state index in [1.807, 2.05) is 0 Å². The van der Waals surface area contributed by atoms with Gasteiger partial charge in [0.05, 0.1) is 6.61 Å². The van der Waals surface area contributed by atoms with Crippen LogP contribution in [0.15, 0.2) is 48.5 Å². The van der Waals surface area contributed by atoms with Gasteiger partial charge in [0.1, 0.15) is 12.3 Å². The lowest BCUT2D eigenvalue weighted by atomic mass is 10.1. The molecule has 2 aromatic rings. The van der Waals surface area contributed by atoms with Gasteiger partial charge in [-0.05, 0) is 55.0 Å². The maximum atomic E-state index is 12.1. The molecule has 2 amide bonds. The Kier molecular flexibility index (Phi) is 9.22. The number of carbonyl (C=O) groups excluding carboxylic acids is 4. The Morgan fingerprint density at radius 2 is 1.55 bits per heavy atom. The van der Waals surface area contributed by atoms with Gasteiger partial charge in [-0.2, -0.15) is 0 Å². The minimum atomic E-state index is -0.726. The van der Waals surface area contributed by atoms with E-state index in [1.54, 1.807) is 36.4 Å². The predicted molar refractivity (Wildman–Crippen MR) is 115 cm³/mol. The van der Waals surface area contributed by atoms with E-state index in [1.165, 1.54) is 19.1 Å². The lowest BCUT2D eigenvalue weighted by molar-refractivity contribution is -0.141. The maximum Gasteiger partial charge on any atom is 0.325 e. The van der Waals surface area contributed by atoms with Gasteiger partial charge in [-0.15, -0.1) is 0 Å². The van der Waals surface area contributed by atoms with Crippen LogP contribution in [0.25, 0.3) is 0 Å². The number of benzene rings is 2. The fourth-order valence-electron chi connectivity index (χ4n) is 2.51. The Bertz CT molecular complexity index is 907. The molecular formula is C23H26N2O6. The average molecular weight is 426 g/mol. The quantitative estimate of drug-likeness (QED) is 0.325. The molecular weight excluding hydrogens is 400 g/mol. The van der Waals surface area contributed by atoms with Crippen molar-refractivity contribution < 1.29 is 28.7 Å². The number of hydrogen-bond acceptors (Lipinski definition) is 6. The first-order valence-electron chi connectivity index (χ1n) is 9.96. The molecule has 0 aliphatic heterocycles. The number of Topliss-reactive ketones (excluding diaryl/α,β-unsaturated/α-hetero) is 1. The van der Waals surface area contributed by atoms with Crippen molar-refractivity contribution in [2.24, 2.45) is 0 Å². The van der Waals surface area contributed by atoms with Gasteiger partial charge < -0.3 is 20.1 Å². The number of nitrogens with one attached hydrogen (secondary N) is 2. The predicted octanol–water partition coefficient (Wildman–Crippen LogP) is 2.98. The third-order valence-corrected chi connectivity index (χ3v) is 4.17. The highest BCUT2D eigenvalue weighted by Gasteiger charge is 2.12. The van der Waals surface area contributed by atoms with Crippen LogP contribution in [0.1, 0.15) is 47.4 Å². The van der Waals surface area contributed by atoms with Crippen LogP contribution >= 0.6 is 0 Å². The van der Waals surface area contributed by atoms with Crippen molar-refractivity contribution in [1.82, 2.24) is 5.32 Å². The minimum absolute atomic E-state index is 0.216. The number of amides is 2. The van der Waals surface area contributed by atoms with E-state index in [-0.39, 0.29) is 12.5 Å². The average Bonchev–Trinajstić information content (AvgIpc) is 2.76. The summed E-state index contributed by atoms with van der Waals surface area (Å²) in [5.41, 5.74) is 1.28. The van der Waals surface area contributed by atoms with Gasteiger partial charge in [0.15, 0.2) is 12.4 Å². The van der Waals surface area contributed by atoms with Crippen LogP contribution in [0, 0.1) is 0 Å². The van der Waals surface area contributed by atoms with Crippen molar-refractivity contribution in [2.75, 3.05) is 25.1 Å². The molecule has 0 fully saturated rings. The van der Waals surface area contributed by atoms with Gasteiger partial charge >= 0.3 is 5.97 Å². The fourth-order valence-corrected chi connectivity index (χ4v) is 2.51. The molecule has 0 unspecified atom stereocenters. The highest BCUT2D eigenvalue weighted by Crippen LogP contribution is 2.13. The van der Waals surface area contributed by atoms with E-state index in [2.05, 4.69) is 17.6 Å². The van der Waals surface area contributed by atoms with Gasteiger partial charge in [0.2, 0.25) is 5.91 Å². The molecule has 0 heterocycles. The first-order chi connectivity index (χ1) is 14.9. The van der Waals surface area contributed by atoms with Crippen LogP contribution in [0.2, 0.25) is 0 Å². The summed E-state index contributed by atoms with van der Waals surface area (Å²) in [6, 6.07) is 12.8. The second-order valence-electron chi connectivity index (χ2n) is 6.75. The molecule has 2 rings (SSSR count). The van der Waals surface area contributed by atoms with Crippen LogP contribution < -0.4 is 15.4 Å². The number of hydrogen-bond donors (Lipinski definition) is 2. The molecule has 0 atom stereocenters. The Morgan fingerprint density at radius 1 is 0.903 bits per heavy atom. The van der Waals surface area contributed by atoms with E-state index in [4.69, 9.17) is 9.47 Å². The summed E-state index contributed by atoms with van der Waals surface area (Å²) >= 11 is 0. The summed E-state index contributed by atoms with van der Waals surface area (Å²) in [6.45, 7) is 3.27. The van der Waals surface area contributed by atoms with E-state index < -0.39 is 24.3 Å². The summed E-state index contributed by atoms with van der Waals surface area (Å²) in [6.07, 6.45) is 1.99. The van der Waals surface area contributed by atoms with Crippen LogP contribution in [-0.2, 0) is 14.3 Å². The highest BCUT2D eigenvalue weighted by molar-refractivity contribution is 5.99. The second kappa shape index (κ2) is 12.1. The van der Waals surface area contributed by atoms with Crippen molar-refractivity contribution in [1.29, 1.82) is 0 Å². The molecule has 0 bridgehead atoms. The summed E-state index contributed by atoms with van der Waals surface area (Å²) in [5, 5.41) is 5.05. The van der Waals surface area contributed by atoms with Gasteiger partial charge in [-0.1, -0.05) is 13.3 Å². The topological polar surface area (TPSA) is 111 Å². The van der Waals surface area contributed by atoms with E-state index in [9.17, 15) is 19.2 Å². The number of carbonyl (C=O) groups is 4. The van der Waals surface area contributed by atoms with Crippen molar-refractivity contribution in [3.05, 3.63) is 59.7 Å². The summed E-state index contributed by atoms with van der Waals surface area (Å²) in [7, 11) is 0. The summed E-state index contributed by atoms with van der Waals surface area (Å²) in [4.78, 5) is 47.1. The number of ether oxygens (including phenoxy) is 2. The van der Waals surface area contributed by atoms with Gasteiger partial charge in [-0.3, -0.25) is 19.2 Å². The number of esters is 1. The lowest BCUT2D eigenvalue weighted by Gasteiger charge is -2.08. The molecule has 0 aliphatic rings. The number of rotatable bonds is 11. The molecule has 2 aromatic carbocycles. The minimum Gasteiger partial charge on any atom is -0.494 e. The van der Waals surface area contributed by atoms with Crippen LogP contribution in [0.3, 0.4) is 0 Å². The molecule has 8 heteroatoms. The van der Waals surface area contributed by atoms with E-state index >= 15 is 0 Å². The van der Waals surface area contributed by atoms with E-state index in [0.717, 1.165) is 12.8 Å². The second-order valence-corrected chi connectivity index (χ2v) is 6.75. The molecule has 164 valence electrons. The zero-order chi connectivity index (χ0) is 22.6. The highest BCUT2D eigenvalue weighted by atomic mass is 16.5. The summed E-state index contributed by atoms with van der Waals surface area (Å²) < 4.78 is 10.5. The van der Waals surface area contributed by atoms with Gasteiger partial charge in [0, 0.05) is 23.7 Å². The van der Waals surface area contributed by atoms with Crippen molar-refractivity contribution in [2.45, 2.75) is 26.7 Å². The molecule has 31 heavy (non-hydrogen) atoms. The molecule has 0 aromatic heterocycles. The van der Waals surface area contributed by atoms with Crippen LogP contribution in [0.4, 0.5) is 5.69 Å². The Balaban J connectivity index is 1.74. The smallest absolute Gasteiger partial charge is 0.325 e. The number of anilines is 1. The number of ketones is 1. The normalized spacial score (nSPS) is 10.1. The first-order valence-corrected chi connectivity index (χ1v) is 9.96. The third-order valence-electron chi connectivity index (χ3n) is 4.17. The molecule has 0 saturated heterocycles. The SMILES string of the molecule is CCCCOc1ccc(C(=O)NCC(=O)OCC(=O)c2ccc(NC(C)=O)cc2)cc1. The van der Waals surface area contributed by atoms with Crippen molar-refractivity contribution in [3.63, 3.8) is 0 Å². The van der Waals surface area contributed by atoms with Crippen molar-refractivity contribution in [3.8, 4) is 5.75 Å². The zero-order valence-electron chi connectivity index (χ0n) is 17.6. The first kappa shape index (κ1) is 23.6. The lowest BCUT2D eigenvalue weighted by Crippen LogP contribution is -2.31. The standard InChI is InChI=1S/C23H26N2O6/c1-3-4-13-30-20-11-7-18(8-12-20)23(29)24-14-22(28)31-15-21(27)17-5-9-19(10-6-17)25-16(2)26/h5-12H,3-4,13-15H2,1-2H3,(H,24,29)(H,25,26). The largest absolute Gasteiger partial charge is 0.494 e. The van der Waals surface area contributed by atoms with Gasteiger partial charge in [-0.25, -0.2) is 0 Å². The Morgan fingerprint density at radius 3 is 2.16 bits per heavy atom. The van der Waals surface area contributed by atoms with Crippen LogP contribution in [0.5, 0.6) is 5.75 Å². The molecule has 8 nitrogen and oxygen atoms in total. The summed E-state index contributed by atoms with van der Waals surface area (Å²) in [5.74, 6) is -1.10. The Hall–Kier alpha value is -3.68. The Labute approximate surface area is 180 Å². The molecule has 2 N–H and O–H groups in total.